The molecular weight excluding hydrogens is 204 g/mol. The summed E-state index contributed by atoms with van der Waals surface area (Å²) in [6.07, 6.45) is 5.63. The van der Waals surface area contributed by atoms with E-state index in [2.05, 4.69) is 17.1 Å². The molecule has 2 rings (SSSR count). The van der Waals surface area contributed by atoms with Crippen molar-refractivity contribution in [1.29, 1.82) is 0 Å². The third-order valence-corrected chi connectivity index (χ3v) is 2.56. The molecule has 0 fully saturated rings. The fraction of sp³-hybridized carbons (Fsp3) is 0.455. The molecule has 0 saturated heterocycles. The molecule has 5 nitrogen and oxygen atoms in total. The van der Waals surface area contributed by atoms with Crippen LogP contribution in [0.4, 0.5) is 0 Å². The number of hydrogen-bond acceptors (Lipinski definition) is 3. The topological polar surface area (TPSA) is 55.9 Å². The van der Waals surface area contributed by atoms with E-state index in [9.17, 15) is 5.11 Å². The summed E-state index contributed by atoms with van der Waals surface area (Å²) in [4.78, 5) is 0. The average Bonchev–Trinajstić information content (AvgIpc) is 2.87. The van der Waals surface area contributed by atoms with E-state index in [1.807, 2.05) is 24.0 Å². The molecule has 0 aliphatic heterocycles. The van der Waals surface area contributed by atoms with Crippen molar-refractivity contribution in [3.8, 4) is 0 Å². The van der Waals surface area contributed by atoms with E-state index in [-0.39, 0.29) is 0 Å². The summed E-state index contributed by atoms with van der Waals surface area (Å²) in [5.41, 5.74) is 1.58. The first kappa shape index (κ1) is 10.9. The molecule has 2 aromatic rings. The summed E-state index contributed by atoms with van der Waals surface area (Å²) < 4.78 is 3.51. The maximum absolute atomic E-state index is 10.1. The molecule has 1 N–H and O–H groups in total. The van der Waals surface area contributed by atoms with Gasteiger partial charge in [-0.15, -0.1) is 0 Å². The van der Waals surface area contributed by atoms with Crippen LogP contribution in [-0.4, -0.2) is 24.7 Å². The smallest absolute Gasteiger partial charge is 0.124 e. The first-order valence-corrected chi connectivity index (χ1v) is 5.40. The number of hydrogen-bond donors (Lipinski definition) is 1. The van der Waals surface area contributed by atoms with Crippen LogP contribution >= 0.6 is 0 Å². The van der Waals surface area contributed by atoms with E-state index in [0.29, 0.717) is 0 Å². The fourth-order valence-electron chi connectivity index (χ4n) is 1.70. The van der Waals surface area contributed by atoms with Crippen LogP contribution in [-0.2, 0) is 13.6 Å². The van der Waals surface area contributed by atoms with Crippen molar-refractivity contribution in [2.24, 2.45) is 7.05 Å². The highest BCUT2D eigenvalue weighted by Gasteiger charge is 2.15. The summed E-state index contributed by atoms with van der Waals surface area (Å²) in [6.45, 7) is 2.97. The van der Waals surface area contributed by atoms with Gasteiger partial charge in [0.2, 0.25) is 0 Å². The molecule has 0 saturated carbocycles. The largest absolute Gasteiger partial charge is 0.382 e. The van der Waals surface area contributed by atoms with Gasteiger partial charge in [0.25, 0.3) is 0 Å². The minimum atomic E-state index is -0.655. The van der Waals surface area contributed by atoms with Crippen molar-refractivity contribution >= 4 is 0 Å². The zero-order chi connectivity index (χ0) is 11.5. The number of aromatic nitrogens is 4. The highest BCUT2D eigenvalue weighted by atomic mass is 16.3. The van der Waals surface area contributed by atoms with E-state index in [4.69, 9.17) is 0 Å². The van der Waals surface area contributed by atoms with Gasteiger partial charge in [-0.05, 0) is 12.5 Å². The Labute approximate surface area is 94.3 Å². The van der Waals surface area contributed by atoms with Crippen LogP contribution in [0, 0.1) is 0 Å². The van der Waals surface area contributed by atoms with Gasteiger partial charge in [0, 0.05) is 31.5 Å². The Hall–Kier alpha value is -1.62. The van der Waals surface area contributed by atoms with Gasteiger partial charge in [-0.3, -0.25) is 9.36 Å². The number of aliphatic hydroxyl groups is 1. The Morgan fingerprint density at radius 3 is 2.88 bits per heavy atom. The molecule has 0 aliphatic rings. The second kappa shape index (κ2) is 4.49. The van der Waals surface area contributed by atoms with Crippen LogP contribution in [0.25, 0.3) is 0 Å². The van der Waals surface area contributed by atoms with Gasteiger partial charge in [0.1, 0.15) is 6.10 Å². The second-order valence-corrected chi connectivity index (χ2v) is 3.82. The third-order valence-electron chi connectivity index (χ3n) is 2.56. The Balaban J connectivity index is 2.20. The van der Waals surface area contributed by atoms with Gasteiger partial charge < -0.3 is 5.11 Å². The summed E-state index contributed by atoms with van der Waals surface area (Å²) in [7, 11) is 1.81. The van der Waals surface area contributed by atoms with Gasteiger partial charge in [0.05, 0.1) is 11.9 Å². The minimum Gasteiger partial charge on any atom is -0.382 e. The summed E-state index contributed by atoms with van der Waals surface area (Å²) in [5, 5.41) is 18.4. The molecule has 0 radical (unpaired) electrons. The lowest BCUT2D eigenvalue weighted by Crippen LogP contribution is -2.06. The molecule has 0 aliphatic carbocycles. The predicted molar refractivity (Wildman–Crippen MR) is 59.8 cm³/mol. The van der Waals surface area contributed by atoms with Gasteiger partial charge in [-0.25, -0.2) is 0 Å². The van der Waals surface area contributed by atoms with Crippen molar-refractivity contribution in [1.82, 2.24) is 19.6 Å². The number of nitrogens with zero attached hydrogens (tertiary/aromatic N) is 4. The zero-order valence-electron chi connectivity index (χ0n) is 9.54. The number of aliphatic hydroxyl groups excluding tert-OH is 1. The molecule has 0 amide bonds. The van der Waals surface area contributed by atoms with Crippen LogP contribution in [0.3, 0.4) is 0 Å². The molecule has 0 spiro atoms. The average molecular weight is 220 g/mol. The molecule has 16 heavy (non-hydrogen) atoms. The monoisotopic (exact) mass is 220 g/mol. The van der Waals surface area contributed by atoms with Crippen molar-refractivity contribution < 1.29 is 5.11 Å². The van der Waals surface area contributed by atoms with Crippen LogP contribution in [0.1, 0.15) is 30.7 Å². The Morgan fingerprint density at radius 1 is 1.44 bits per heavy atom. The Kier molecular flexibility index (Phi) is 3.05. The quantitative estimate of drug-likeness (QED) is 0.839. The standard InChI is InChI=1S/C11H16N4O/c1-3-6-15-8-9(7-13-15)11(16)10-4-5-12-14(10)2/h4-5,7-8,11,16H,3,6H2,1-2H3. The van der Waals surface area contributed by atoms with E-state index in [0.717, 1.165) is 24.2 Å². The Bertz CT molecular complexity index is 460. The van der Waals surface area contributed by atoms with Crippen molar-refractivity contribution in [2.45, 2.75) is 26.0 Å². The molecule has 1 atom stereocenters. The second-order valence-electron chi connectivity index (χ2n) is 3.82. The molecular formula is C11H16N4O. The fourth-order valence-corrected chi connectivity index (χ4v) is 1.70. The van der Waals surface area contributed by atoms with E-state index >= 15 is 0 Å². The molecule has 2 heterocycles. The van der Waals surface area contributed by atoms with Gasteiger partial charge in [-0.1, -0.05) is 6.92 Å². The zero-order valence-corrected chi connectivity index (χ0v) is 9.54. The van der Waals surface area contributed by atoms with Gasteiger partial charge >= 0.3 is 0 Å². The first-order valence-electron chi connectivity index (χ1n) is 5.40. The van der Waals surface area contributed by atoms with Crippen molar-refractivity contribution in [3.05, 3.63) is 35.9 Å². The molecule has 86 valence electrons. The van der Waals surface area contributed by atoms with E-state index in [1.165, 1.54) is 0 Å². The molecule has 0 bridgehead atoms. The predicted octanol–water partition coefficient (Wildman–Crippen LogP) is 1.11. The maximum Gasteiger partial charge on any atom is 0.124 e. The van der Waals surface area contributed by atoms with Crippen molar-refractivity contribution in [3.63, 3.8) is 0 Å². The lowest BCUT2D eigenvalue weighted by atomic mass is 10.1. The first-order chi connectivity index (χ1) is 7.72. The highest BCUT2D eigenvalue weighted by molar-refractivity contribution is 5.20. The van der Waals surface area contributed by atoms with Crippen LogP contribution < -0.4 is 0 Å². The molecule has 1 unspecified atom stereocenters. The van der Waals surface area contributed by atoms with Crippen LogP contribution in [0.15, 0.2) is 24.7 Å². The van der Waals surface area contributed by atoms with Crippen molar-refractivity contribution in [2.75, 3.05) is 0 Å². The summed E-state index contributed by atoms with van der Waals surface area (Å²) >= 11 is 0. The lowest BCUT2D eigenvalue weighted by molar-refractivity contribution is 0.209. The van der Waals surface area contributed by atoms with E-state index < -0.39 is 6.10 Å². The van der Waals surface area contributed by atoms with Crippen LogP contribution in [0.2, 0.25) is 0 Å². The van der Waals surface area contributed by atoms with Gasteiger partial charge in [0.15, 0.2) is 0 Å². The highest BCUT2D eigenvalue weighted by Crippen LogP contribution is 2.20. The SMILES string of the molecule is CCCn1cc(C(O)c2ccnn2C)cn1. The molecule has 0 aromatic carbocycles. The third kappa shape index (κ3) is 1.99. The molecule has 2 aromatic heterocycles. The number of rotatable bonds is 4. The van der Waals surface area contributed by atoms with E-state index in [1.54, 1.807) is 17.1 Å². The minimum absolute atomic E-state index is 0.655. The summed E-state index contributed by atoms with van der Waals surface area (Å²) in [5.74, 6) is 0. The van der Waals surface area contributed by atoms with Gasteiger partial charge in [-0.2, -0.15) is 10.2 Å². The molecule has 5 heteroatoms. The van der Waals surface area contributed by atoms with Crippen LogP contribution in [0.5, 0.6) is 0 Å². The number of aryl methyl sites for hydroxylation is 2. The normalized spacial score (nSPS) is 12.9. The maximum atomic E-state index is 10.1. The lowest BCUT2D eigenvalue weighted by Gasteiger charge is -2.08. The Morgan fingerprint density at radius 2 is 2.25 bits per heavy atom. The summed E-state index contributed by atoms with van der Waals surface area (Å²) in [6, 6.07) is 1.81.